The molecule has 21 heavy (non-hydrogen) atoms. The lowest BCUT2D eigenvalue weighted by atomic mass is 10.2. The second-order valence-electron chi connectivity index (χ2n) is 4.15. The number of benzene rings is 1. The molecule has 0 aliphatic heterocycles. The van der Waals surface area contributed by atoms with E-state index in [1.54, 1.807) is 6.20 Å². The van der Waals surface area contributed by atoms with Crippen molar-refractivity contribution in [3.05, 3.63) is 54.6 Å². The molecule has 3 aromatic rings. The highest BCUT2D eigenvalue weighted by Crippen LogP contribution is 2.27. The van der Waals surface area contributed by atoms with Crippen molar-refractivity contribution in [1.29, 1.82) is 0 Å². The number of ether oxygens (including phenoxy) is 1. The molecule has 0 amide bonds. The minimum absolute atomic E-state index is 0.108. The predicted octanol–water partition coefficient (Wildman–Crippen LogP) is 1.91. The van der Waals surface area contributed by atoms with Crippen LogP contribution in [-0.2, 0) is 0 Å². The number of oxime groups is 1. The molecule has 0 saturated carbocycles. The van der Waals surface area contributed by atoms with E-state index in [1.165, 1.54) is 12.4 Å². The summed E-state index contributed by atoms with van der Waals surface area (Å²) in [5, 5.41) is 12.3. The summed E-state index contributed by atoms with van der Waals surface area (Å²) in [6.45, 7) is 0. The summed E-state index contributed by atoms with van der Waals surface area (Å²) in [5.41, 5.74) is 6.52. The zero-order valence-electron chi connectivity index (χ0n) is 10.8. The number of nitrogens with two attached hydrogens (primary N) is 1. The Morgan fingerprint density at radius 3 is 2.76 bits per heavy atom. The fourth-order valence-electron chi connectivity index (χ4n) is 1.83. The van der Waals surface area contributed by atoms with Crippen LogP contribution in [0.25, 0.3) is 10.9 Å². The third kappa shape index (κ3) is 2.57. The molecule has 1 aromatic carbocycles. The van der Waals surface area contributed by atoms with Gasteiger partial charge in [-0.2, -0.15) is 0 Å². The maximum Gasteiger partial charge on any atom is 0.237 e. The fraction of sp³-hybridized carbons (Fsp3) is 0. The van der Waals surface area contributed by atoms with Crippen LogP contribution in [0.4, 0.5) is 0 Å². The Kier molecular flexibility index (Phi) is 3.30. The Bertz CT molecular complexity index is 797. The molecular weight excluding hydrogens is 270 g/mol. The van der Waals surface area contributed by atoms with Gasteiger partial charge in [0.15, 0.2) is 5.84 Å². The smallest absolute Gasteiger partial charge is 0.237 e. The van der Waals surface area contributed by atoms with Crippen molar-refractivity contribution in [2.45, 2.75) is 0 Å². The second kappa shape index (κ2) is 5.41. The molecule has 0 atom stereocenters. The molecule has 7 nitrogen and oxygen atoms in total. The fourth-order valence-corrected chi connectivity index (χ4v) is 1.83. The van der Waals surface area contributed by atoms with Gasteiger partial charge >= 0.3 is 0 Å². The normalized spacial score (nSPS) is 11.5. The van der Waals surface area contributed by atoms with Crippen LogP contribution in [0.2, 0.25) is 0 Å². The molecule has 3 N–H and O–H groups in total. The van der Waals surface area contributed by atoms with Gasteiger partial charge in [0.2, 0.25) is 5.88 Å². The van der Waals surface area contributed by atoms with Gasteiger partial charge in [-0.25, -0.2) is 9.97 Å². The van der Waals surface area contributed by atoms with Gasteiger partial charge in [0.1, 0.15) is 11.4 Å². The first-order valence-electron chi connectivity index (χ1n) is 6.09. The minimum atomic E-state index is -0.108. The summed E-state index contributed by atoms with van der Waals surface area (Å²) in [7, 11) is 0. The van der Waals surface area contributed by atoms with E-state index >= 15 is 0 Å². The zero-order chi connectivity index (χ0) is 14.7. The summed E-state index contributed by atoms with van der Waals surface area (Å²) in [6.07, 6.45) is 4.49. The van der Waals surface area contributed by atoms with E-state index in [0.29, 0.717) is 11.6 Å². The number of hydrogen-bond acceptors (Lipinski definition) is 6. The Balaban J connectivity index is 1.92. The van der Waals surface area contributed by atoms with Crippen LogP contribution in [0.1, 0.15) is 5.69 Å². The lowest BCUT2D eigenvalue weighted by Gasteiger charge is -2.07. The van der Waals surface area contributed by atoms with Crippen molar-refractivity contribution in [1.82, 2.24) is 15.0 Å². The standard InChI is InChI=1S/C14H11N5O2/c15-14(19-20)11-7-18-13(8-17-11)21-12-5-1-4-10-9(12)3-2-6-16-10/h1-8,20H,(H2,15,19). The van der Waals surface area contributed by atoms with Crippen molar-refractivity contribution < 1.29 is 9.94 Å². The first-order chi connectivity index (χ1) is 10.3. The molecule has 0 unspecified atom stereocenters. The van der Waals surface area contributed by atoms with Crippen molar-refractivity contribution in [2.24, 2.45) is 10.9 Å². The maximum atomic E-state index is 8.57. The molecule has 0 radical (unpaired) electrons. The van der Waals surface area contributed by atoms with Gasteiger partial charge in [0.25, 0.3) is 0 Å². The van der Waals surface area contributed by atoms with E-state index in [4.69, 9.17) is 15.7 Å². The molecule has 0 aliphatic rings. The largest absolute Gasteiger partial charge is 0.437 e. The monoisotopic (exact) mass is 281 g/mol. The van der Waals surface area contributed by atoms with Gasteiger partial charge in [0.05, 0.1) is 17.9 Å². The Labute approximate surface area is 119 Å². The lowest BCUT2D eigenvalue weighted by Crippen LogP contribution is -2.15. The number of nitrogens with zero attached hydrogens (tertiary/aromatic N) is 4. The number of pyridine rings is 1. The number of aromatic nitrogens is 3. The third-order valence-electron chi connectivity index (χ3n) is 2.82. The molecule has 2 heterocycles. The molecule has 0 aliphatic carbocycles. The van der Waals surface area contributed by atoms with Crippen LogP contribution in [0.15, 0.2) is 54.1 Å². The van der Waals surface area contributed by atoms with Gasteiger partial charge in [-0.3, -0.25) is 4.98 Å². The van der Waals surface area contributed by atoms with E-state index in [1.807, 2.05) is 30.3 Å². The van der Waals surface area contributed by atoms with Crippen LogP contribution in [-0.4, -0.2) is 26.0 Å². The van der Waals surface area contributed by atoms with Crippen molar-refractivity contribution in [2.75, 3.05) is 0 Å². The van der Waals surface area contributed by atoms with Crippen LogP contribution >= 0.6 is 0 Å². The average molecular weight is 281 g/mol. The van der Waals surface area contributed by atoms with Gasteiger partial charge in [-0.15, -0.1) is 0 Å². The molecule has 104 valence electrons. The Hall–Kier alpha value is -3.22. The van der Waals surface area contributed by atoms with Crippen molar-refractivity contribution >= 4 is 16.7 Å². The number of fused-ring (bicyclic) bond motifs is 1. The molecule has 0 bridgehead atoms. The Morgan fingerprint density at radius 2 is 2.00 bits per heavy atom. The highest BCUT2D eigenvalue weighted by Gasteiger charge is 2.06. The molecule has 0 saturated heterocycles. The summed E-state index contributed by atoms with van der Waals surface area (Å²) in [6, 6.07) is 9.32. The first kappa shape index (κ1) is 12.8. The van der Waals surface area contributed by atoms with Crippen LogP contribution in [0, 0.1) is 0 Å². The summed E-state index contributed by atoms with van der Waals surface area (Å²) < 4.78 is 5.70. The van der Waals surface area contributed by atoms with Crippen molar-refractivity contribution in [3.63, 3.8) is 0 Å². The van der Waals surface area contributed by atoms with Gasteiger partial charge < -0.3 is 15.7 Å². The third-order valence-corrected chi connectivity index (χ3v) is 2.82. The molecule has 0 fully saturated rings. The molecule has 7 heteroatoms. The molecule has 3 rings (SSSR count). The SMILES string of the molecule is N/C(=N/O)c1cnc(Oc2cccc3ncccc23)cn1. The highest BCUT2D eigenvalue weighted by molar-refractivity contribution is 5.94. The Morgan fingerprint density at radius 1 is 1.10 bits per heavy atom. The van der Waals surface area contributed by atoms with E-state index in [2.05, 4.69) is 20.1 Å². The quantitative estimate of drug-likeness (QED) is 0.329. The van der Waals surface area contributed by atoms with Gasteiger partial charge in [-0.1, -0.05) is 11.2 Å². The molecule has 2 aromatic heterocycles. The topological polar surface area (TPSA) is 107 Å². The minimum Gasteiger partial charge on any atom is -0.437 e. The van der Waals surface area contributed by atoms with Gasteiger partial charge in [-0.05, 0) is 24.3 Å². The van der Waals surface area contributed by atoms with Gasteiger partial charge in [0, 0.05) is 11.6 Å². The zero-order valence-corrected chi connectivity index (χ0v) is 10.8. The van der Waals surface area contributed by atoms with Crippen LogP contribution in [0.5, 0.6) is 11.6 Å². The molecular formula is C14H11N5O2. The van der Waals surface area contributed by atoms with Crippen LogP contribution in [0.3, 0.4) is 0 Å². The highest BCUT2D eigenvalue weighted by atomic mass is 16.5. The van der Waals surface area contributed by atoms with Crippen LogP contribution < -0.4 is 10.5 Å². The number of rotatable bonds is 3. The van der Waals surface area contributed by atoms with Crippen molar-refractivity contribution in [3.8, 4) is 11.6 Å². The summed E-state index contributed by atoms with van der Waals surface area (Å²) in [4.78, 5) is 12.3. The van der Waals surface area contributed by atoms with E-state index in [9.17, 15) is 0 Å². The number of hydrogen-bond donors (Lipinski definition) is 2. The number of amidine groups is 1. The second-order valence-corrected chi connectivity index (χ2v) is 4.15. The van der Waals surface area contributed by atoms with E-state index in [0.717, 1.165) is 10.9 Å². The average Bonchev–Trinajstić information content (AvgIpc) is 2.55. The molecule has 0 spiro atoms. The maximum absolute atomic E-state index is 8.57. The van der Waals surface area contributed by atoms with E-state index in [-0.39, 0.29) is 11.5 Å². The predicted molar refractivity (Wildman–Crippen MR) is 76.4 cm³/mol. The summed E-state index contributed by atoms with van der Waals surface area (Å²) >= 11 is 0. The lowest BCUT2D eigenvalue weighted by molar-refractivity contribution is 0.318. The van der Waals surface area contributed by atoms with E-state index < -0.39 is 0 Å². The first-order valence-corrected chi connectivity index (χ1v) is 6.09. The summed E-state index contributed by atoms with van der Waals surface area (Å²) in [5.74, 6) is 0.829.